The second-order valence-corrected chi connectivity index (χ2v) is 4.30. The Kier molecular flexibility index (Phi) is 2.46. The molecule has 0 saturated heterocycles. The van der Waals surface area contributed by atoms with Gasteiger partial charge in [0.25, 0.3) is 0 Å². The summed E-state index contributed by atoms with van der Waals surface area (Å²) < 4.78 is 0.996. The Hall–Kier alpha value is -1.03. The number of hydrogen-bond donors (Lipinski definition) is 2. The number of nitrogens with one attached hydrogen (secondary N) is 1. The lowest BCUT2D eigenvalue weighted by molar-refractivity contribution is 0.190. The van der Waals surface area contributed by atoms with Crippen LogP contribution in [0.3, 0.4) is 0 Å². The lowest BCUT2D eigenvalue weighted by Crippen LogP contribution is -2.24. The standard InChI is InChI=1S/C10H10BrNO2/c11-7-3-1-6-2-4-9(8(6)5-7)12-10(13)14/h1,3,5,9,12H,2,4H2,(H,13,14). The van der Waals surface area contributed by atoms with Crippen LogP contribution in [0.1, 0.15) is 23.6 Å². The zero-order valence-electron chi connectivity index (χ0n) is 7.46. The topological polar surface area (TPSA) is 49.3 Å². The van der Waals surface area contributed by atoms with E-state index in [-0.39, 0.29) is 6.04 Å². The summed E-state index contributed by atoms with van der Waals surface area (Å²) in [5.41, 5.74) is 2.34. The average Bonchev–Trinajstić information content (AvgIpc) is 2.47. The Labute approximate surface area is 90.3 Å². The molecular formula is C10H10BrNO2. The van der Waals surface area contributed by atoms with Gasteiger partial charge in [-0.3, -0.25) is 0 Å². The Morgan fingerprint density at radius 3 is 3.07 bits per heavy atom. The third kappa shape index (κ3) is 1.75. The quantitative estimate of drug-likeness (QED) is 0.811. The smallest absolute Gasteiger partial charge is 0.405 e. The molecule has 0 spiro atoms. The molecule has 2 rings (SSSR count). The summed E-state index contributed by atoms with van der Waals surface area (Å²) >= 11 is 3.38. The van der Waals surface area contributed by atoms with Gasteiger partial charge in [-0.1, -0.05) is 22.0 Å². The van der Waals surface area contributed by atoms with Crippen molar-refractivity contribution in [3.8, 4) is 0 Å². The van der Waals surface area contributed by atoms with Gasteiger partial charge < -0.3 is 10.4 Å². The molecule has 2 N–H and O–H groups in total. The Morgan fingerprint density at radius 1 is 1.57 bits per heavy atom. The van der Waals surface area contributed by atoms with Crippen LogP contribution in [0.2, 0.25) is 0 Å². The molecule has 1 unspecified atom stereocenters. The minimum Gasteiger partial charge on any atom is -0.465 e. The molecular weight excluding hydrogens is 246 g/mol. The van der Waals surface area contributed by atoms with Crippen LogP contribution in [0, 0.1) is 0 Å². The van der Waals surface area contributed by atoms with Gasteiger partial charge in [-0.25, -0.2) is 4.79 Å². The van der Waals surface area contributed by atoms with Gasteiger partial charge in [-0.05, 0) is 36.1 Å². The summed E-state index contributed by atoms with van der Waals surface area (Å²) in [6, 6.07) is 5.98. The van der Waals surface area contributed by atoms with Crippen LogP contribution in [0.25, 0.3) is 0 Å². The molecule has 14 heavy (non-hydrogen) atoms. The molecule has 0 fully saturated rings. The summed E-state index contributed by atoms with van der Waals surface area (Å²) in [4.78, 5) is 10.5. The fourth-order valence-electron chi connectivity index (χ4n) is 1.87. The van der Waals surface area contributed by atoms with E-state index in [2.05, 4.69) is 21.2 Å². The van der Waals surface area contributed by atoms with Gasteiger partial charge in [0.15, 0.2) is 0 Å². The second-order valence-electron chi connectivity index (χ2n) is 3.38. The number of hydrogen-bond acceptors (Lipinski definition) is 1. The molecule has 1 amide bonds. The lowest BCUT2D eigenvalue weighted by atomic mass is 10.1. The highest BCUT2D eigenvalue weighted by molar-refractivity contribution is 9.10. The third-order valence-electron chi connectivity index (χ3n) is 2.48. The monoisotopic (exact) mass is 255 g/mol. The number of amides is 1. The number of halogens is 1. The minimum atomic E-state index is -0.956. The third-order valence-corrected chi connectivity index (χ3v) is 2.98. The number of benzene rings is 1. The van der Waals surface area contributed by atoms with E-state index in [1.807, 2.05) is 18.2 Å². The molecule has 0 saturated carbocycles. The van der Waals surface area contributed by atoms with Crippen LogP contribution in [-0.2, 0) is 6.42 Å². The molecule has 1 aliphatic carbocycles. The number of rotatable bonds is 1. The van der Waals surface area contributed by atoms with Crippen LogP contribution >= 0.6 is 15.9 Å². The number of fused-ring (bicyclic) bond motifs is 1. The maximum Gasteiger partial charge on any atom is 0.405 e. The van der Waals surface area contributed by atoms with Crippen LogP contribution in [0.5, 0.6) is 0 Å². The molecule has 1 aromatic carbocycles. The lowest BCUT2D eigenvalue weighted by Gasteiger charge is -2.11. The van der Waals surface area contributed by atoms with Gasteiger partial charge in [-0.2, -0.15) is 0 Å². The summed E-state index contributed by atoms with van der Waals surface area (Å²) in [6.45, 7) is 0. The highest BCUT2D eigenvalue weighted by atomic mass is 79.9. The first-order valence-corrected chi connectivity index (χ1v) is 5.24. The Morgan fingerprint density at radius 2 is 2.36 bits per heavy atom. The van der Waals surface area contributed by atoms with Gasteiger partial charge in [0.1, 0.15) is 0 Å². The van der Waals surface area contributed by atoms with E-state index in [1.165, 1.54) is 5.56 Å². The summed E-state index contributed by atoms with van der Waals surface area (Å²) in [7, 11) is 0. The summed E-state index contributed by atoms with van der Waals surface area (Å²) in [5.74, 6) is 0. The van der Waals surface area contributed by atoms with Crippen LogP contribution < -0.4 is 5.32 Å². The molecule has 0 radical (unpaired) electrons. The second kappa shape index (κ2) is 3.61. The molecule has 3 nitrogen and oxygen atoms in total. The fourth-order valence-corrected chi connectivity index (χ4v) is 2.25. The zero-order valence-corrected chi connectivity index (χ0v) is 9.04. The number of aryl methyl sites for hydroxylation is 1. The number of carbonyl (C=O) groups is 1. The maximum atomic E-state index is 10.5. The normalized spacial score (nSPS) is 19.1. The van der Waals surface area contributed by atoms with Crippen molar-refractivity contribution in [1.82, 2.24) is 5.32 Å². The molecule has 1 aliphatic rings. The summed E-state index contributed by atoms with van der Waals surface area (Å²) in [5, 5.41) is 11.2. The highest BCUT2D eigenvalue weighted by Gasteiger charge is 2.23. The SMILES string of the molecule is O=C(O)NC1CCc2ccc(Br)cc21. The van der Waals surface area contributed by atoms with E-state index >= 15 is 0 Å². The van der Waals surface area contributed by atoms with Gasteiger partial charge in [0, 0.05) is 4.47 Å². The van der Waals surface area contributed by atoms with Gasteiger partial charge in [-0.15, -0.1) is 0 Å². The molecule has 74 valence electrons. The van der Waals surface area contributed by atoms with Crippen molar-refractivity contribution in [2.24, 2.45) is 0 Å². The molecule has 0 bridgehead atoms. The van der Waals surface area contributed by atoms with Gasteiger partial charge >= 0.3 is 6.09 Å². The van der Waals surface area contributed by atoms with Crippen molar-refractivity contribution < 1.29 is 9.90 Å². The van der Waals surface area contributed by atoms with E-state index in [1.54, 1.807) is 0 Å². The van der Waals surface area contributed by atoms with Crippen molar-refractivity contribution >= 4 is 22.0 Å². The molecule has 0 aromatic heterocycles. The van der Waals surface area contributed by atoms with E-state index in [0.29, 0.717) is 0 Å². The Balaban J connectivity index is 2.28. The highest BCUT2D eigenvalue weighted by Crippen LogP contribution is 2.32. The van der Waals surface area contributed by atoms with E-state index < -0.39 is 6.09 Å². The predicted octanol–water partition coefficient (Wildman–Crippen LogP) is 2.70. The molecule has 0 heterocycles. The number of carboxylic acid groups (broad SMARTS) is 1. The van der Waals surface area contributed by atoms with E-state index in [9.17, 15) is 4.79 Å². The first kappa shape index (κ1) is 9.52. The van der Waals surface area contributed by atoms with Gasteiger partial charge in [0.2, 0.25) is 0 Å². The summed E-state index contributed by atoms with van der Waals surface area (Å²) in [6.07, 6.45) is 0.855. The van der Waals surface area contributed by atoms with E-state index in [4.69, 9.17) is 5.11 Å². The van der Waals surface area contributed by atoms with E-state index in [0.717, 1.165) is 22.9 Å². The largest absolute Gasteiger partial charge is 0.465 e. The van der Waals surface area contributed by atoms with Crippen molar-refractivity contribution in [2.75, 3.05) is 0 Å². The average molecular weight is 256 g/mol. The minimum absolute atomic E-state index is 0.0417. The predicted molar refractivity (Wildman–Crippen MR) is 56.4 cm³/mol. The maximum absolute atomic E-state index is 10.5. The van der Waals surface area contributed by atoms with Gasteiger partial charge in [0.05, 0.1) is 6.04 Å². The molecule has 0 aliphatic heterocycles. The molecule has 4 heteroatoms. The molecule has 1 atom stereocenters. The Bertz CT molecular complexity index is 378. The first-order valence-electron chi connectivity index (χ1n) is 4.44. The molecule has 1 aromatic rings. The zero-order chi connectivity index (χ0) is 10.1. The fraction of sp³-hybridized carbons (Fsp3) is 0.300. The van der Waals surface area contributed by atoms with Crippen molar-refractivity contribution in [2.45, 2.75) is 18.9 Å². The van der Waals surface area contributed by atoms with Crippen LogP contribution in [0.15, 0.2) is 22.7 Å². The van der Waals surface area contributed by atoms with Crippen LogP contribution in [-0.4, -0.2) is 11.2 Å². The van der Waals surface area contributed by atoms with Crippen molar-refractivity contribution in [1.29, 1.82) is 0 Å². The van der Waals surface area contributed by atoms with Crippen molar-refractivity contribution in [3.05, 3.63) is 33.8 Å². The van der Waals surface area contributed by atoms with Crippen LogP contribution in [0.4, 0.5) is 4.79 Å². The van der Waals surface area contributed by atoms with Crippen molar-refractivity contribution in [3.63, 3.8) is 0 Å². The first-order chi connectivity index (χ1) is 6.66.